The summed E-state index contributed by atoms with van der Waals surface area (Å²) in [5, 5.41) is 0. The Balaban J connectivity index is 1.32. The molecule has 8 rings (SSSR count). The minimum Gasteiger partial charge on any atom is -0.457 e. The van der Waals surface area contributed by atoms with E-state index < -0.39 is 5.41 Å². The third kappa shape index (κ3) is 5.61. The molecule has 1 spiro atoms. The lowest BCUT2D eigenvalue weighted by Gasteiger charge is -2.43. The molecule has 50 heavy (non-hydrogen) atoms. The van der Waals surface area contributed by atoms with Crippen molar-refractivity contribution >= 4 is 17.3 Å². The number of anilines is 1. The highest BCUT2D eigenvalue weighted by Crippen LogP contribution is 2.57. The fraction of sp³-hybridized carbons (Fsp3) is 0.0417. The molecule has 5 aromatic rings. The summed E-state index contributed by atoms with van der Waals surface area (Å²) in [6.07, 6.45) is 24.8. The number of benzene rings is 5. The first-order chi connectivity index (χ1) is 24.6. The van der Waals surface area contributed by atoms with Crippen molar-refractivity contribution in [1.29, 1.82) is 0 Å². The Morgan fingerprint density at radius 1 is 0.560 bits per heavy atom. The molecule has 0 bridgehead atoms. The van der Waals surface area contributed by atoms with Crippen LogP contribution in [0.25, 0.3) is 22.8 Å². The molecule has 240 valence electrons. The van der Waals surface area contributed by atoms with Gasteiger partial charge in [-0.1, -0.05) is 164 Å². The summed E-state index contributed by atoms with van der Waals surface area (Å²) in [7, 11) is 0. The second-order valence-corrected chi connectivity index (χ2v) is 12.8. The summed E-state index contributed by atoms with van der Waals surface area (Å²) >= 11 is 0. The molecule has 1 aliphatic heterocycles. The first-order valence-corrected chi connectivity index (χ1v) is 17.0. The second-order valence-electron chi connectivity index (χ2n) is 12.8. The third-order valence-electron chi connectivity index (χ3n) is 9.79. The SMILES string of the molecule is C=C1/C=C\c2ccccc2CC2=C(C=CC=CC(c3cccc(-c4cccc(N)c4)c3)=CC=CC=C2)C12c1ccccc1Oc1ccccc12. The maximum absolute atomic E-state index is 6.58. The zero-order chi connectivity index (χ0) is 33.9. The Labute approximate surface area is 294 Å². The molecule has 0 atom stereocenters. The van der Waals surface area contributed by atoms with Crippen molar-refractivity contribution in [3.63, 3.8) is 0 Å². The van der Waals surface area contributed by atoms with Gasteiger partial charge < -0.3 is 10.5 Å². The third-order valence-corrected chi connectivity index (χ3v) is 9.79. The molecule has 2 N–H and O–H groups in total. The Morgan fingerprint density at radius 2 is 1.22 bits per heavy atom. The Bertz CT molecular complexity index is 2310. The van der Waals surface area contributed by atoms with Crippen LogP contribution in [-0.2, 0) is 11.8 Å². The van der Waals surface area contributed by atoms with Gasteiger partial charge in [-0.3, -0.25) is 0 Å². The number of rotatable bonds is 2. The molecule has 2 heteroatoms. The van der Waals surface area contributed by atoms with Gasteiger partial charge in [-0.2, -0.15) is 0 Å². The van der Waals surface area contributed by atoms with Crippen LogP contribution in [0.5, 0.6) is 11.5 Å². The van der Waals surface area contributed by atoms with Crippen LogP contribution in [0.3, 0.4) is 0 Å². The van der Waals surface area contributed by atoms with Crippen molar-refractivity contribution in [3.8, 4) is 22.6 Å². The Kier molecular flexibility index (Phi) is 8.20. The highest BCUT2D eigenvalue weighted by molar-refractivity contribution is 5.80. The number of hydrogen-bond acceptors (Lipinski definition) is 2. The number of nitrogen functional groups attached to an aromatic ring is 1. The van der Waals surface area contributed by atoms with Crippen LogP contribution in [0.4, 0.5) is 5.69 Å². The van der Waals surface area contributed by atoms with Crippen molar-refractivity contribution < 1.29 is 4.74 Å². The maximum atomic E-state index is 6.58. The summed E-state index contributed by atoms with van der Waals surface area (Å²) in [5.41, 5.74) is 18.6. The lowest BCUT2D eigenvalue weighted by atomic mass is 9.61. The topological polar surface area (TPSA) is 35.2 Å². The molecule has 0 radical (unpaired) electrons. The minimum absolute atomic E-state index is 0.702. The van der Waals surface area contributed by atoms with Gasteiger partial charge in [-0.05, 0) is 86.9 Å². The number of para-hydroxylation sites is 2. The first-order valence-electron chi connectivity index (χ1n) is 17.0. The number of ether oxygens (including phenoxy) is 1. The fourth-order valence-corrected chi connectivity index (χ4v) is 7.45. The summed E-state index contributed by atoms with van der Waals surface area (Å²) < 4.78 is 6.58. The first kappa shape index (κ1) is 30.9. The molecule has 0 amide bonds. The van der Waals surface area contributed by atoms with E-state index in [1.54, 1.807) is 0 Å². The predicted molar refractivity (Wildman–Crippen MR) is 210 cm³/mol. The molecule has 2 nitrogen and oxygen atoms in total. The smallest absolute Gasteiger partial charge is 0.132 e. The second kappa shape index (κ2) is 13.3. The van der Waals surface area contributed by atoms with Crippen LogP contribution in [-0.4, -0.2) is 0 Å². The summed E-state index contributed by atoms with van der Waals surface area (Å²) in [4.78, 5) is 0. The largest absolute Gasteiger partial charge is 0.457 e. The van der Waals surface area contributed by atoms with Gasteiger partial charge in [0.05, 0.1) is 5.41 Å². The molecule has 0 saturated carbocycles. The highest BCUT2D eigenvalue weighted by atomic mass is 16.5. The van der Waals surface area contributed by atoms with Gasteiger partial charge in [0.15, 0.2) is 0 Å². The quantitative estimate of drug-likeness (QED) is 0.194. The van der Waals surface area contributed by atoms with E-state index in [4.69, 9.17) is 17.0 Å². The van der Waals surface area contributed by atoms with Gasteiger partial charge in [0.2, 0.25) is 0 Å². The van der Waals surface area contributed by atoms with Crippen molar-refractivity contribution in [2.75, 3.05) is 5.73 Å². The zero-order valence-electron chi connectivity index (χ0n) is 27.8. The van der Waals surface area contributed by atoms with Gasteiger partial charge in [0.1, 0.15) is 11.5 Å². The Morgan fingerprint density at radius 3 is 2.02 bits per heavy atom. The van der Waals surface area contributed by atoms with Crippen LogP contribution < -0.4 is 10.5 Å². The van der Waals surface area contributed by atoms with Crippen LogP contribution in [0.2, 0.25) is 0 Å². The summed E-state index contributed by atoms with van der Waals surface area (Å²) in [6, 6.07) is 42.1. The molecule has 0 aromatic heterocycles. The van der Waals surface area contributed by atoms with Crippen LogP contribution in [0.15, 0.2) is 205 Å². The van der Waals surface area contributed by atoms with E-state index in [9.17, 15) is 0 Å². The summed E-state index contributed by atoms with van der Waals surface area (Å²) in [5.74, 6) is 1.68. The van der Waals surface area contributed by atoms with Crippen molar-refractivity contribution in [2.24, 2.45) is 0 Å². The zero-order valence-corrected chi connectivity index (χ0v) is 27.8. The fourth-order valence-electron chi connectivity index (χ4n) is 7.45. The number of nitrogens with two attached hydrogens (primary N) is 1. The van der Waals surface area contributed by atoms with Crippen LogP contribution >= 0.6 is 0 Å². The summed E-state index contributed by atoms with van der Waals surface area (Å²) in [6.45, 7) is 4.83. The van der Waals surface area contributed by atoms with E-state index in [2.05, 4.69) is 158 Å². The Hall–Kier alpha value is -6.38. The number of fused-ring (bicyclic) bond motifs is 6. The molecular weight excluding hydrogens is 607 g/mol. The molecule has 3 aliphatic rings. The molecular formula is C48H37NO. The predicted octanol–water partition coefficient (Wildman–Crippen LogP) is 11.8. The van der Waals surface area contributed by atoms with Gasteiger partial charge in [0, 0.05) is 16.8 Å². The molecule has 2 aliphatic carbocycles. The molecule has 0 saturated heterocycles. The molecule has 0 fully saturated rings. The standard InChI is InChI=1S/C48H37NO/c1-34-29-30-36-17-5-6-18-37(36)32-41-19-4-2-3-15-35(38-20-13-21-39(31-38)40-22-14-23-42(49)33-40)16-7-8-24-43(41)48(34)44-25-9-11-27-46(44)50-47-28-12-10-26-45(47)48/h2-31,33H,1,32,49H2/b3-2?,4-2?,8-7?,15-3?,16-7?,19-4?,24-8?,30-29-,35-15?,35-16?,41-19?,43-24?,43-41?. The van der Waals surface area contributed by atoms with E-state index >= 15 is 0 Å². The van der Waals surface area contributed by atoms with E-state index in [1.807, 2.05) is 30.3 Å². The highest BCUT2D eigenvalue weighted by Gasteiger charge is 2.46. The molecule has 5 aromatic carbocycles. The molecule has 1 heterocycles. The van der Waals surface area contributed by atoms with Gasteiger partial charge in [0.25, 0.3) is 0 Å². The lowest BCUT2D eigenvalue weighted by Crippen LogP contribution is -2.35. The monoisotopic (exact) mass is 643 g/mol. The average Bonchev–Trinajstić information content (AvgIpc) is 3.19. The van der Waals surface area contributed by atoms with Gasteiger partial charge >= 0.3 is 0 Å². The van der Waals surface area contributed by atoms with E-state index in [0.29, 0.717) is 0 Å². The van der Waals surface area contributed by atoms with Gasteiger partial charge in [-0.15, -0.1) is 0 Å². The number of hydrogen-bond donors (Lipinski definition) is 1. The van der Waals surface area contributed by atoms with Crippen molar-refractivity contribution in [3.05, 3.63) is 233 Å². The minimum atomic E-state index is -0.702. The van der Waals surface area contributed by atoms with Gasteiger partial charge in [-0.25, -0.2) is 0 Å². The number of allylic oxidation sites excluding steroid dienone is 14. The maximum Gasteiger partial charge on any atom is 0.132 e. The van der Waals surface area contributed by atoms with Crippen molar-refractivity contribution in [1.82, 2.24) is 0 Å². The van der Waals surface area contributed by atoms with Crippen LogP contribution in [0.1, 0.15) is 27.8 Å². The van der Waals surface area contributed by atoms with Crippen molar-refractivity contribution in [2.45, 2.75) is 11.8 Å². The lowest BCUT2D eigenvalue weighted by molar-refractivity contribution is 0.434. The normalized spacial score (nSPS) is 16.6. The molecule has 0 unspecified atom stereocenters. The van der Waals surface area contributed by atoms with E-state index in [-0.39, 0.29) is 0 Å². The average molecular weight is 644 g/mol. The van der Waals surface area contributed by atoms with E-state index in [0.717, 1.165) is 68.1 Å². The van der Waals surface area contributed by atoms with Crippen LogP contribution in [0, 0.1) is 0 Å². The van der Waals surface area contributed by atoms with E-state index in [1.165, 1.54) is 16.7 Å².